The minimum atomic E-state index is -4.41. The van der Waals surface area contributed by atoms with Crippen LogP contribution in [0.5, 0.6) is 0 Å². The van der Waals surface area contributed by atoms with Gasteiger partial charge in [0.05, 0.1) is 5.92 Å². The highest BCUT2D eigenvalue weighted by Gasteiger charge is 2.48. The van der Waals surface area contributed by atoms with E-state index < -0.39 is 35.9 Å². The highest BCUT2D eigenvalue weighted by atomic mass is 19.4. The molecule has 0 spiro atoms. The summed E-state index contributed by atoms with van der Waals surface area (Å²) in [7, 11) is 0. The van der Waals surface area contributed by atoms with E-state index in [-0.39, 0.29) is 19.3 Å². The van der Waals surface area contributed by atoms with Gasteiger partial charge in [0, 0.05) is 5.92 Å². The molecule has 1 amide bonds. The summed E-state index contributed by atoms with van der Waals surface area (Å²) >= 11 is 0. The monoisotopic (exact) mass is 309 g/mol. The van der Waals surface area contributed by atoms with Crippen molar-refractivity contribution in [3.05, 3.63) is 0 Å². The number of hydrogen-bond acceptors (Lipinski definition) is 2. The van der Waals surface area contributed by atoms with Gasteiger partial charge in [-0.1, -0.05) is 32.6 Å². The van der Waals surface area contributed by atoms with Crippen LogP contribution in [0, 0.1) is 11.8 Å². The molecule has 21 heavy (non-hydrogen) atoms. The van der Waals surface area contributed by atoms with Crippen LogP contribution in [-0.2, 0) is 9.59 Å². The predicted octanol–water partition coefficient (Wildman–Crippen LogP) is 3.11. The lowest BCUT2D eigenvalue weighted by Gasteiger charge is -2.32. The van der Waals surface area contributed by atoms with E-state index in [1.165, 1.54) is 0 Å². The third-order valence-electron chi connectivity index (χ3n) is 3.98. The maximum atomic E-state index is 13.0. The summed E-state index contributed by atoms with van der Waals surface area (Å²) in [5.41, 5.74) is 0. The largest absolute Gasteiger partial charge is 0.480 e. The molecule has 0 bridgehead atoms. The molecule has 0 aliphatic heterocycles. The number of nitrogens with one attached hydrogen (secondary N) is 1. The molecule has 3 unspecified atom stereocenters. The lowest BCUT2D eigenvalue weighted by atomic mass is 9.78. The van der Waals surface area contributed by atoms with Crippen molar-refractivity contribution in [2.45, 2.75) is 64.1 Å². The number of halogens is 3. The Hall–Kier alpha value is -1.27. The van der Waals surface area contributed by atoms with Crippen molar-refractivity contribution >= 4 is 11.9 Å². The van der Waals surface area contributed by atoms with Crippen molar-refractivity contribution in [2.75, 3.05) is 0 Å². The van der Waals surface area contributed by atoms with E-state index in [1.807, 2.05) is 6.92 Å². The van der Waals surface area contributed by atoms with Crippen molar-refractivity contribution in [3.8, 4) is 0 Å². The summed E-state index contributed by atoms with van der Waals surface area (Å²) in [6, 6.07) is -1.10. The average molecular weight is 309 g/mol. The molecule has 7 heteroatoms. The number of carboxylic acid groups (broad SMARTS) is 1. The van der Waals surface area contributed by atoms with Gasteiger partial charge in [-0.3, -0.25) is 4.79 Å². The van der Waals surface area contributed by atoms with Crippen molar-refractivity contribution < 1.29 is 27.9 Å². The zero-order valence-corrected chi connectivity index (χ0v) is 12.1. The molecule has 1 rings (SSSR count). The van der Waals surface area contributed by atoms with Gasteiger partial charge in [-0.05, 0) is 19.3 Å². The maximum Gasteiger partial charge on any atom is 0.392 e. The minimum Gasteiger partial charge on any atom is -0.480 e. The van der Waals surface area contributed by atoms with Crippen molar-refractivity contribution in [1.29, 1.82) is 0 Å². The first-order chi connectivity index (χ1) is 9.77. The lowest BCUT2D eigenvalue weighted by molar-refractivity contribution is -0.198. The standard InChI is InChI=1S/C14H22F3NO3/c1-2-3-8-11(13(20)21)18-12(19)9-6-4-5-7-10(9)14(15,16)17/h9-11H,2-8H2,1H3,(H,18,19)(H,20,21). The van der Waals surface area contributed by atoms with E-state index in [2.05, 4.69) is 5.32 Å². The Morgan fingerprint density at radius 1 is 1.29 bits per heavy atom. The summed E-state index contributed by atoms with van der Waals surface area (Å²) in [5.74, 6) is -4.80. The van der Waals surface area contributed by atoms with E-state index in [9.17, 15) is 22.8 Å². The smallest absolute Gasteiger partial charge is 0.392 e. The number of hydrogen-bond donors (Lipinski definition) is 2. The van der Waals surface area contributed by atoms with E-state index in [0.29, 0.717) is 19.3 Å². The predicted molar refractivity (Wildman–Crippen MR) is 70.6 cm³/mol. The number of unbranched alkanes of at least 4 members (excludes halogenated alkanes) is 1. The van der Waals surface area contributed by atoms with Gasteiger partial charge in [0.25, 0.3) is 0 Å². The van der Waals surface area contributed by atoms with Gasteiger partial charge in [0.15, 0.2) is 0 Å². The van der Waals surface area contributed by atoms with Crippen LogP contribution in [0.25, 0.3) is 0 Å². The van der Waals surface area contributed by atoms with Crippen LogP contribution in [0.2, 0.25) is 0 Å². The number of carbonyl (C=O) groups excluding carboxylic acids is 1. The van der Waals surface area contributed by atoms with Gasteiger partial charge in [0.1, 0.15) is 6.04 Å². The number of alkyl halides is 3. The van der Waals surface area contributed by atoms with Gasteiger partial charge >= 0.3 is 12.1 Å². The first kappa shape index (κ1) is 17.8. The number of amides is 1. The number of carbonyl (C=O) groups is 2. The molecule has 0 aromatic heterocycles. The van der Waals surface area contributed by atoms with Crippen LogP contribution in [0.15, 0.2) is 0 Å². The number of aliphatic carboxylic acids is 1. The van der Waals surface area contributed by atoms with Gasteiger partial charge in [-0.25, -0.2) is 4.79 Å². The molecule has 0 aromatic rings. The normalized spacial score (nSPS) is 24.4. The summed E-state index contributed by atoms with van der Waals surface area (Å²) in [6.07, 6.45) is -1.70. The summed E-state index contributed by atoms with van der Waals surface area (Å²) in [6.45, 7) is 1.88. The van der Waals surface area contributed by atoms with Crippen molar-refractivity contribution in [2.24, 2.45) is 11.8 Å². The molecule has 1 saturated carbocycles. The van der Waals surface area contributed by atoms with E-state index in [0.717, 1.165) is 6.42 Å². The van der Waals surface area contributed by atoms with E-state index >= 15 is 0 Å². The third-order valence-corrected chi connectivity index (χ3v) is 3.98. The maximum absolute atomic E-state index is 13.0. The Morgan fingerprint density at radius 3 is 2.43 bits per heavy atom. The van der Waals surface area contributed by atoms with Crippen LogP contribution in [0.3, 0.4) is 0 Å². The highest BCUT2D eigenvalue weighted by molar-refractivity contribution is 5.85. The Kier molecular flexibility index (Phi) is 6.48. The fraction of sp³-hybridized carbons (Fsp3) is 0.857. The Balaban J connectivity index is 2.72. The molecule has 122 valence electrons. The molecular weight excluding hydrogens is 287 g/mol. The van der Waals surface area contributed by atoms with Crippen molar-refractivity contribution in [3.63, 3.8) is 0 Å². The molecule has 0 saturated heterocycles. The number of carboxylic acids is 1. The number of rotatable bonds is 6. The Labute approximate surface area is 122 Å². The molecule has 2 N–H and O–H groups in total. The van der Waals surface area contributed by atoms with Crippen molar-refractivity contribution in [1.82, 2.24) is 5.32 Å². The fourth-order valence-electron chi connectivity index (χ4n) is 2.78. The van der Waals surface area contributed by atoms with Crippen LogP contribution in [0.4, 0.5) is 13.2 Å². The van der Waals surface area contributed by atoms with Gasteiger partial charge < -0.3 is 10.4 Å². The molecule has 3 atom stereocenters. The molecule has 1 fully saturated rings. The van der Waals surface area contributed by atoms with Crippen LogP contribution >= 0.6 is 0 Å². The second-order valence-corrected chi connectivity index (χ2v) is 5.58. The third kappa shape index (κ3) is 5.21. The van der Waals surface area contributed by atoms with Gasteiger partial charge in [-0.2, -0.15) is 13.2 Å². The minimum absolute atomic E-state index is 0.0612. The topological polar surface area (TPSA) is 66.4 Å². The average Bonchev–Trinajstić information content (AvgIpc) is 2.42. The fourth-order valence-corrected chi connectivity index (χ4v) is 2.78. The molecule has 4 nitrogen and oxygen atoms in total. The molecule has 1 aliphatic rings. The molecule has 0 heterocycles. The van der Waals surface area contributed by atoms with Crippen LogP contribution < -0.4 is 5.32 Å². The van der Waals surface area contributed by atoms with Crippen LogP contribution in [0.1, 0.15) is 51.9 Å². The lowest BCUT2D eigenvalue weighted by Crippen LogP contribution is -2.48. The molecule has 1 aliphatic carbocycles. The second kappa shape index (κ2) is 7.66. The Bertz CT molecular complexity index is 371. The highest BCUT2D eigenvalue weighted by Crippen LogP contribution is 2.41. The quantitative estimate of drug-likeness (QED) is 0.792. The first-order valence-corrected chi connectivity index (χ1v) is 7.37. The van der Waals surface area contributed by atoms with Crippen LogP contribution in [-0.4, -0.2) is 29.2 Å². The Morgan fingerprint density at radius 2 is 1.90 bits per heavy atom. The SMILES string of the molecule is CCCCC(NC(=O)C1CCCCC1C(F)(F)F)C(=O)O. The molecule has 0 radical (unpaired) electrons. The van der Waals surface area contributed by atoms with Gasteiger partial charge in [0.2, 0.25) is 5.91 Å². The molecule has 0 aromatic carbocycles. The zero-order chi connectivity index (χ0) is 16.0. The van der Waals surface area contributed by atoms with E-state index in [1.54, 1.807) is 0 Å². The molecular formula is C14H22F3NO3. The zero-order valence-electron chi connectivity index (χ0n) is 12.1. The first-order valence-electron chi connectivity index (χ1n) is 7.37. The van der Waals surface area contributed by atoms with E-state index in [4.69, 9.17) is 5.11 Å². The summed E-state index contributed by atoms with van der Waals surface area (Å²) < 4.78 is 38.9. The van der Waals surface area contributed by atoms with Gasteiger partial charge in [-0.15, -0.1) is 0 Å². The summed E-state index contributed by atoms with van der Waals surface area (Å²) in [5, 5.41) is 11.3. The second-order valence-electron chi connectivity index (χ2n) is 5.58. The summed E-state index contributed by atoms with van der Waals surface area (Å²) in [4.78, 5) is 23.1.